The summed E-state index contributed by atoms with van der Waals surface area (Å²) in [5.74, 6) is 1.17. The zero-order chi connectivity index (χ0) is 11.8. The highest BCUT2D eigenvalue weighted by Gasteiger charge is 2.38. The van der Waals surface area contributed by atoms with Crippen molar-refractivity contribution < 1.29 is 4.39 Å². The predicted octanol–water partition coefficient (Wildman–Crippen LogP) is 3.02. The van der Waals surface area contributed by atoms with Crippen molar-refractivity contribution in [3.8, 4) is 0 Å². The summed E-state index contributed by atoms with van der Waals surface area (Å²) in [6.07, 6.45) is 3.26. The second-order valence-electron chi connectivity index (χ2n) is 4.84. The van der Waals surface area contributed by atoms with Crippen LogP contribution >= 0.6 is 0 Å². The van der Waals surface area contributed by atoms with Crippen molar-refractivity contribution in [3.63, 3.8) is 0 Å². The second-order valence-corrected chi connectivity index (χ2v) is 4.84. The van der Waals surface area contributed by atoms with Crippen molar-refractivity contribution >= 4 is 10.9 Å². The second kappa shape index (κ2) is 4.15. The topological polar surface area (TPSA) is 27.8 Å². The molecule has 0 amide bonds. The van der Waals surface area contributed by atoms with E-state index in [1.54, 1.807) is 6.07 Å². The standard InChI is InChI=1S/C14H17FN2/c1-2-16-7-9-5-11(9)13-8-17-14-4-3-10(15)6-12(13)14/h3-4,6,8-9,11,16-17H,2,5,7H2,1H3. The number of hydrogen-bond acceptors (Lipinski definition) is 1. The molecule has 1 aliphatic rings. The highest BCUT2D eigenvalue weighted by molar-refractivity contribution is 5.84. The Kier molecular flexibility index (Phi) is 2.63. The van der Waals surface area contributed by atoms with Crippen LogP contribution in [0.3, 0.4) is 0 Å². The van der Waals surface area contributed by atoms with Gasteiger partial charge in [0.05, 0.1) is 0 Å². The van der Waals surface area contributed by atoms with Gasteiger partial charge in [-0.15, -0.1) is 0 Å². The van der Waals surface area contributed by atoms with Crippen LogP contribution in [0.25, 0.3) is 10.9 Å². The van der Waals surface area contributed by atoms with Crippen LogP contribution in [0.4, 0.5) is 4.39 Å². The maximum absolute atomic E-state index is 13.3. The van der Waals surface area contributed by atoms with E-state index in [9.17, 15) is 4.39 Å². The maximum atomic E-state index is 13.3. The Morgan fingerprint density at radius 2 is 2.35 bits per heavy atom. The van der Waals surface area contributed by atoms with E-state index in [1.807, 2.05) is 12.3 Å². The van der Waals surface area contributed by atoms with E-state index in [0.29, 0.717) is 5.92 Å². The zero-order valence-electron chi connectivity index (χ0n) is 9.96. The molecule has 0 saturated heterocycles. The molecule has 1 aliphatic carbocycles. The van der Waals surface area contributed by atoms with E-state index < -0.39 is 0 Å². The third kappa shape index (κ3) is 1.95. The van der Waals surface area contributed by atoms with Crippen LogP contribution < -0.4 is 5.32 Å². The van der Waals surface area contributed by atoms with Gasteiger partial charge in [-0.1, -0.05) is 6.92 Å². The largest absolute Gasteiger partial charge is 0.361 e. The molecule has 2 atom stereocenters. The SMILES string of the molecule is CCNCC1CC1c1c[nH]c2ccc(F)cc12. The normalized spacial score (nSPS) is 23.2. The Morgan fingerprint density at radius 1 is 1.47 bits per heavy atom. The number of H-pyrrole nitrogens is 1. The van der Waals surface area contributed by atoms with Gasteiger partial charge in [-0.05, 0) is 55.1 Å². The first-order chi connectivity index (χ1) is 8.29. The molecule has 2 aromatic rings. The minimum absolute atomic E-state index is 0.151. The summed E-state index contributed by atoms with van der Waals surface area (Å²) in [4.78, 5) is 3.23. The summed E-state index contributed by atoms with van der Waals surface area (Å²) in [5, 5.41) is 4.43. The van der Waals surface area contributed by atoms with Crippen molar-refractivity contribution in [2.45, 2.75) is 19.3 Å². The molecule has 2 nitrogen and oxygen atoms in total. The number of rotatable bonds is 4. The lowest BCUT2D eigenvalue weighted by atomic mass is 10.1. The van der Waals surface area contributed by atoms with Crippen LogP contribution in [0.2, 0.25) is 0 Å². The Morgan fingerprint density at radius 3 is 3.18 bits per heavy atom. The fraction of sp³-hybridized carbons (Fsp3) is 0.429. The summed E-state index contributed by atoms with van der Waals surface area (Å²) < 4.78 is 13.3. The van der Waals surface area contributed by atoms with Gasteiger partial charge in [0.25, 0.3) is 0 Å². The molecular weight excluding hydrogens is 215 g/mol. The van der Waals surface area contributed by atoms with Crippen molar-refractivity contribution in [1.29, 1.82) is 0 Å². The molecule has 1 aromatic carbocycles. The molecule has 0 bridgehead atoms. The fourth-order valence-corrected chi connectivity index (χ4v) is 2.61. The molecule has 1 saturated carbocycles. The molecule has 3 heteroatoms. The average molecular weight is 232 g/mol. The molecular formula is C14H17FN2. The van der Waals surface area contributed by atoms with Gasteiger partial charge in [0.15, 0.2) is 0 Å². The van der Waals surface area contributed by atoms with Crippen LogP contribution in [0.15, 0.2) is 24.4 Å². The molecule has 2 unspecified atom stereocenters. The van der Waals surface area contributed by atoms with Gasteiger partial charge in [-0.25, -0.2) is 4.39 Å². The number of hydrogen-bond donors (Lipinski definition) is 2. The predicted molar refractivity (Wildman–Crippen MR) is 67.6 cm³/mol. The number of fused-ring (bicyclic) bond motifs is 1. The Labute approximate surface area is 100 Å². The van der Waals surface area contributed by atoms with Crippen molar-refractivity contribution in [2.24, 2.45) is 5.92 Å². The van der Waals surface area contributed by atoms with Crippen LogP contribution in [-0.2, 0) is 0 Å². The number of nitrogens with one attached hydrogen (secondary N) is 2. The van der Waals surface area contributed by atoms with Crippen molar-refractivity contribution in [2.75, 3.05) is 13.1 Å². The molecule has 17 heavy (non-hydrogen) atoms. The summed E-state index contributed by atoms with van der Waals surface area (Å²) in [5.41, 5.74) is 2.32. The number of benzene rings is 1. The van der Waals surface area contributed by atoms with Crippen LogP contribution in [-0.4, -0.2) is 18.1 Å². The van der Waals surface area contributed by atoms with Crippen LogP contribution in [0, 0.1) is 11.7 Å². The van der Waals surface area contributed by atoms with Gasteiger partial charge in [-0.3, -0.25) is 0 Å². The molecule has 3 rings (SSSR count). The lowest BCUT2D eigenvalue weighted by Gasteiger charge is -2.00. The van der Waals surface area contributed by atoms with Crippen molar-refractivity contribution in [1.82, 2.24) is 10.3 Å². The van der Waals surface area contributed by atoms with Crippen molar-refractivity contribution in [3.05, 3.63) is 35.8 Å². The third-order valence-corrected chi connectivity index (χ3v) is 3.65. The van der Waals surface area contributed by atoms with Crippen LogP contribution in [0.1, 0.15) is 24.8 Å². The molecule has 90 valence electrons. The van der Waals surface area contributed by atoms with E-state index in [1.165, 1.54) is 18.1 Å². The molecule has 0 spiro atoms. The summed E-state index contributed by atoms with van der Waals surface area (Å²) >= 11 is 0. The summed E-state index contributed by atoms with van der Waals surface area (Å²) in [6, 6.07) is 4.96. The smallest absolute Gasteiger partial charge is 0.123 e. The van der Waals surface area contributed by atoms with Gasteiger partial charge in [0.2, 0.25) is 0 Å². The quantitative estimate of drug-likeness (QED) is 0.833. The molecule has 0 radical (unpaired) electrons. The Balaban J connectivity index is 1.84. The first kappa shape index (κ1) is 10.8. The van der Waals surface area contributed by atoms with Gasteiger partial charge in [-0.2, -0.15) is 0 Å². The molecule has 0 aliphatic heterocycles. The lowest BCUT2D eigenvalue weighted by molar-refractivity contribution is 0.629. The van der Waals surface area contributed by atoms with E-state index in [4.69, 9.17) is 0 Å². The molecule has 1 aromatic heterocycles. The van der Waals surface area contributed by atoms with E-state index in [0.717, 1.165) is 29.9 Å². The van der Waals surface area contributed by atoms with E-state index >= 15 is 0 Å². The molecule has 1 fully saturated rings. The number of halogens is 1. The average Bonchev–Trinajstić information content (AvgIpc) is 2.98. The maximum Gasteiger partial charge on any atom is 0.123 e. The first-order valence-corrected chi connectivity index (χ1v) is 6.27. The summed E-state index contributed by atoms with van der Waals surface area (Å²) in [6.45, 7) is 4.22. The minimum Gasteiger partial charge on any atom is -0.361 e. The van der Waals surface area contributed by atoms with Gasteiger partial charge >= 0.3 is 0 Å². The molecule has 1 heterocycles. The fourth-order valence-electron chi connectivity index (χ4n) is 2.61. The zero-order valence-corrected chi connectivity index (χ0v) is 9.96. The van der Waals surface area contributed by atoms with E-state index in [-0.39, 0.29) is 5.82 Å². The summed E-state index contributed by atoms with van der Waals surface area (Å²) in [7, 11) is 0. The number of aromatic nitrogens is 1. The van der Waals surface area contributed by atoms with Gasteiger partial charge < -0.3 is 10.3 Å². The van der Waals surface area contributed by atoms with E-state index in [2.05, 4.69) is 17.2 Å². The first-order valence-electron chi connectivity index (χ1n) is 6.27. The van der Waals surface area contributed by atoms with Crippen LogP contribution in [0.5, 0.6) is 0 Å². The number of aromatic amines is 1. The van der Waals surface area contributed by atoms with Gasteiger partial charge in [0.1, 0.15) is 5.82 Å². The van der Waals surface area contributed by atoms with Gasteiger partial charge in [0, 0.05) is 17.1 Å². The molecule has 2 N–H and O–H groups in total. The third-order valence-electron chi connectivity index (χ3n) is 3.65. The Bertz CT molecular complexity index is 532. The highest BCUT2D eigenvalue weighted by Crippen LogP contribution is 2.49. The Hall–Kier alpha value is -1.35. The monoisotopic (exact) mass is 232 g/mol. The highest BCUT2D eigenvalue weighted by atomic mass is 19.1. The lowest BCUT2D eigenvalue weighted by Crippen LogP contribution is -2.16. The minimum atomic E-state index is -0.151.